The summed E-state index contributed by atoms with van der Waals surface area (Å²) in [4.78, 5) is 24.3. The lowest BCUT2D eigenvalue weighted by Crippen LogP contribution is -2.47. The fraction of sp³-hybridized carbons (Fsp3) is 0.619. The summed E-state index contributed by atoms with van der Waals surface area (Å²) < 4.78 is 0. The Kier molecular flexibility index (Phi) is 4.65. The minimum absolute atomic E-state index is 0.0252. The number of amides is 2. The summed E-state index contributed by atoms with van der Waals surface area (Å²) in [5, 5.41) is 6.20. The van der Waals surface area contributed by atoms with E-state index < -0.39 is 0 Å². The summed E-state index contributed by atoms with van der Waals surface area (Å²) in [6.07, 6.45) is 3.81. The van der Waals surface area contributed by atoms with Crippen molar-refractivity contribution in [3.63, 3.8) is 0 Å². The Morgan fingerprint density at radius 2 is 1.88 bits per heavy atom. The summed E-state index contributed by atoms with van der Waals surface area (Å²) >= 11 is 0. The second-order valence-corrected chi connectivity index (χ2v) is 8.60. The Hall–Kier alpha value is -1.84. The van der Waals surface area contributed by atoms with E-state index in [1.165, 1.54) is 19.8 Å². The van der Waals surface area contributed by atoms with Gasteiger partial charge >= 0.3 is 0 Å². The van der Waals surface area contributed by atoms with Crippen molar-refractivity contribution >= 4 is 11.8 Å². The monoisotopic (exact) mass is 342 g/mol. The predicted octanol–water partition coefficient (Wildman–Crippen LogP) is 3.58. The normalized spacial score (nSPS) is 30.7. The fourth-order valence-corrected chi connectivity index (χ4v) is 5.04. The van der Waals surface area contributed by atoms with E-state index in [2.05, 4.69) is 31.4 Å². The highest BCUT2D eigenvalue weighted by Gasteiger charge is 2.61. The van der Waals surface area contributed by atoms with E-state index in [1.807, 2.05) is 30.3 Å². The van der Waals surface area contributed by atoms with E-state index in [0.29, 0.717) is 5.92 Å². The Labute approximate surface area is 150 Å². The average molecular weight is 342 g/mol. The second-order valence-electron chi connectivity index (χ2n) is 8.60. The molecule has 2 aliphatic carbocycles. The van der Waals surface area contributed by atoms with Crippen molar-refractivity contribution in [2.24, 2.45) is 16.7 Å². The van der Waals surface area contributed by atoms with Crippen LogP contribution in [0.25, 0.3) is 0 Å². The molecular formula is C21H30N2O2. The van der Waals surface area contributed by atoms with Crippen LogP contribution < -0.4 is 10.6 Å². The van der Waals surface area contributed by atoms with Crippen molar-refractivity contribution in [1.29, 1.82) is 0 Å². The summed E-state index contributed by atoms with van der Waals surface area (Å²) in [5.41, 5.74) is 1.41. The van der Waals surface area contributed by atoms with Crippen LogP contribution in [0.3, 0.4) is 0 Å². The van der Waals surface area contributed by atoms with Gasteiger partial charge in [-0.15, -0.1) is 0 Å². The molecule has 4 atom stereocenters. The molecule has 2 amide bonds. The molecule has 1 aromatic rings. The molecular weight excluding hydrogens is 312 g/mol. The minimum Gasteiger partial charge on any atom is -0.353 e. The van der Waals surface area contributed by atoms with E-state index >= 15 is 0 Å². The summed E-state index contributed by atoms with van der Waals surface area (Å²) in [5.74, 6) is 0.606. The van der Waals surface area contributed by atoms with Crippen LogP contribution in [0.5, 0.6) is 0 Å². The SMILES string of the molecule is CC(=O)NC(CC(=O)NC1CC2CCC1(C)C2(C)C)c1ccccc1. The zero-order valence-corrected chi connectivity index (χ0v) is 15.8. The number of nitrogens with one attached hydrogen (secondary N) is 2. The quantitative estimate of drug-likeness (QED) is 0.859. The van der Waals surface area contributed by atoms with Crippen LogP contribution in [0.4, 0.5) is 0 Å². The lowest BCUT2D eigenvalue weighted by molar-refractivity contribution is -0.124. The minimum atomic E-state index is -0.280. The van der Waals surface area contributed by atoms with E-state index in [4.69, 9.17) is 0 Å². The highest BCUT2D eigenvalue weighted by Crippen LogP contribution is 2.65. The average Bonchev–Trinajstić information content (AvgIpc) is 2.88. The van der Waals surface area contributed by atoms with Crippen LogP contribution in [0.15, 0.2) is 30.3 Å². The fourth-order valence-electron chi connectivity index (χ4n) is 5.04. The molecule has 0 aliphatic heterocycles. The van der Waals surface area contributed by atoms with E-state index in [0.717, 1.165) is 12.0 Å². The molecule has 136 valence electrons. The van der Waals surface area contributed by atoms with Crippen LogP contribution in [-0.2, 0) is 9.59 Å². The first-order chi connectivity index (χ1) is 11.7. The number of benzene rings is 1. The number of carbonyl (C=O) groups excluding carboxylic acids is 2. The maximum Gasteiger partial charge on any atom is 0.222 e. The van der Waals surface area contributed by atoms with Gasteiger partial charge in [-0.2, -0.15) is 0 Å². The largest absolute Gasteiger partial charge is 0.353 e. The Bertz CT molecular complexity index is 655. The van der Waals surface area contributed by atoms with Crippen LogP contribution in [-0.4, -0.2) is 17.9 Å². The van der Waals surface area contributed by atoms with Crippen LogP contribution in [0, 0.1) is 16.7 Å². The van der Waals surface area contributed by atoms with Gasteiger partial charge in [0.25, 0.3) is 0 Å². The third-order valence-corrected chi connectivity index (χ3v) is 7.10. The molecule has 0 heterocycles. The number of carbonyl (C=O) groups is 2. The molecule has 0 radical (unpaired) electrons. The topological polar surface area (TPSA) is 58.2 Å². The van der Waals surface area contributed by atoms with E-state index in [-0.39, 0.29) is 41.1 Å². The van der Waals surface area contributed by atoms with E-state index in [1.54, 1.807) is 0 Å². The highest BCUT2D eigenvalue weighted by molar-refractivity contribution is 5.79. The molecule has 3 rings (SSSR count). The van der Waals surface area contributed by atoms with Gasteiger partial charge in [0.05, 0.1) is 12.5 Å². The molecule has 2 aliphatic rings. The first-order valence-corrected chi connectivity index (χ1v) is 9.35. The van der Waals surface area contributed by atoms with Crippen LogP contribution in [0.2, 0.25) is 0 Å². The van der Waals surface area contributed by atoms with Crippen LogP contribution >= 0.6 is 0 Å². The standard InChI is InChI=1S/C21H30N2O2/c1-14(24)22-17(15-8-6-5-7-9-15)13-19(25)23-18-12-16-10-11-21(18,4)20(16,2)3/h5-9,16-18H,10-13H2,1-4H3,(H,22,24)(H,23,25). The van der Waals surface area contributed by atoms with Gasteiger partial charge in [-0.05, 0) is 41.6 Å². The van der Waals surface area contributed by atoms with Gasteiger partial charge in [0.2, 0.25) is 11.8 Å². The Morgan fingerprint density at radius 1 is 1.20 bits per heavy atom. The van der Waals surface area contributed by atoms with Gasteiger partial charge in [-0.25, -0.2) is 0 Å². The maximum atomic E-state index is 12.7. The molecule has 25 heavy (non-hydrogen) atoms. The third-order valence-electron chi connectivity index (χ3n) is 7.10. The molecule has 2 bridgehead atoms. The lowest BCUT2D eigenvalue weighted by Gasteiger charge is -2.39. The van der Waals surface area contributed by atoms with Crippen LogP contribution in [0.1, 0.15) is 65.0 Å². The molecule has 0 saturated heterocycles. The lowest BCUT2D eigenvalue weighted by atomic mass is 9.69. The smallest absolute Gasteiger partial charge is 0.222 e. The molecule has 4 heteroatoms. The Balaban J connectivity index is 1.68. The zero-order valence-electron chi connectivity index (χ0n) is 15.8. The summed E-state index contributed by atoms with van der Waals surface area (Å²) in [6.45, 7) is 8.52. The van der Waals surface area contributed by atoms with Gasteiger partial charge in [0.1, 0.15) is 0 Å². The van der Waals surface area contributed by atoms with Gasteiger partial charge in [-0.1, -0.05) is 51.1 Å². The summed E-state index contributed by atoms with van der Waals surface area (Å²) in [7, 11) is 0. The molecule has 2 fully saturated rings. The van der Waals surface area contributed by atoms with Crippen molar-refractivity contribution < 1.29 is 9.59 Å². The maximum absolute atomic E-state index is 12.7. The number of hydrogen-bond acceptors (Lipinski definition) is 2. The first-order valence-electron chi connectivity index (χ1n) is 9.35. The first kappa shape index (κ1) is 18.0. The van der Waals surface area contributed by atoms with Crippen molar-refractivity contribution in [3.05, 3.63) is 35.9 Å². The zero-order chi connectivity index (χ0) is 18.2. The van der Waals surface area contributed by atoms with Crippen molar-refractivity contribution in [2.45, 2.75) is 65.5 Å². The van der Waals surface area contributed by atoms with Gasteiger partial charge < -0.3 is 10.6 Å². The molecule has 0 spiro atoms. The van der Waals surface area contributed by atoms with Crippen molar-refractivity contribution in [3.8, 4) is 0 Å². The second kappa shape index (κ2) is 6.47. The third kappa shape index (κ3) is 3.19. The molecule has 2 N–H and O–H groups in total. The van der Waals surface area contributed by atoms with Gasteiger partial charge in [0, 0.05) is 13.0 Å². The summed E-state index contributed by atoms with van der Waals surface area (Å²) in [6, 6.07) is 9.67. The Morgan fingerprint density at radius 3 is 2.40 bits per heavy atom. The molecule has 0 aromatic heterocycles. The highest BCUT2D eigenvalue weighted by atomic mass is 16.2. The number of hydrogen-bond donors (Lipinski definition) is 2. The van der Waals surface area contributed by atoms with Gasteiger partial charge in [0.15, 0.2) is 0 Å². The van der Waals surface area contributed by atoms with E-state index in [9.17, 15) is 9.59 Å². The molecule has 4 nitrogen and oxygen atoms in total. The van der Waals surface area contributed by atoms with Gasteiger partial charge in [-0.3, -0.25) is 9.59 Å². The molecule has 4 unspecified atom stereocenters. The molecule has 1 aromatic carbocycles. The number of fused-ring (bicyclic) bond motifs is 2. The van der Waals surface area contributed by atoms with Crippen molar-refractivity contribution in [2.75, 3.05) is 0 Å². The number of rotatable bonds is 5. The molecule has 2 saturated carbocycles. The predicted molar refractivity (Wildman–Crippen MR) is 98.8 cm³/mol. The van der Waals surface area contributed by atoms with Crippen molar-refractivity contribution in [1.82, 2.24) is 10.6 Å².